The van der Waals surface area contributed by atoms with E-state index < -0.39 is 0 Å². The van der Waals surface area contributed by atoms with Crippen molar-refractivity contribution in [1.29, 1.82) is 0 Å². The van der Waals surface area contributed by atoms with Crippen LogP contribution in [-0.4, -0.2) is 21.5 Å². The largest absolute Gasteiger partial charge is 0.504 e. The maximum Gasteiger partial charge on any atom is 0.193 e. The van der Waals surface area contributed by atoms with E-state index in [9.17, 15) is 9.90 Å². The highest BCUT2D eigenvalue weighted by atomic mass is 16.3. The number of benzene rings is 2. The first-order chi connectivity index (χ1) is 7.68. The minimum atomic E-state index is -0.290. The Balaban J connectivity index is 0.00000144. The van der Waals surface area contributed by atoms with Gasteiger partial charge in [-0.2, -0.15) is 0 Å². The van der Waals surface area contributed by atoms with Crippen LogP contribution in [0.3, 0.4) is 0 Å². The Morgan fingerprint density at radius 3 is 2.06 bits per heavy atom. The number of hydrogen-bond donors (Lipinski definition) is 2. The monoisotopic (exact) mass is 232 g/mol. The quantitative estimate of drug-likeness (QED) is 0.607. The number of ketones is 1. The summed E-state index contributed by atoms with van der Waals surface area (Å²) in [5.74, 6) is -0.706. The SMILES string of the molecule is O.O=C(c1ccccc1)c1ccc(O)c(O)c1. The molecule has 0 fully saturated rings. The van der Waals surface area contributed by atoms with Crippen LogP contribution >= 0.6 is 0 Å². The predicted molar refractivity (Wildman–Crippen MR) is 63.3 cm³/mol. The van der Waals surface area contributed by atoms with Crippen LogP contribution in [0.4, 0.5) is 0 Å². The topological polar surface area (TPSA) is 89.0 Å². The molecule has 0 spiro atoms. The summed E-state index contributed by atoms with van der Waals surface area (Å²) in [6.45, 7) is 0. The second-order valence-electron chi connectivity index (χ2n) is 3.40. The van der Waals surface area contributed by atoms with Crippen LogP contribution in [0.1, 0.15) is 15.9 Å². The molecule has 0 aliphatic heterocycles. The van der Waals surface area contributed by atoms with Crippen LogP contribution in [0.2, 0.25) is 0 Å². The molecule has 0 aliphatic carbocycles. The molecule has 4 heteroatoms. The van der Waals surface area contributed by atoms with Crippen molar-refractivity contribution in [3.63, 3.8) is 0 Å². The van der Waals surface area contributed by atoms with Crippen LogP contribution in [0.15, 0.2) is 48.5 Å². The molecule has 2 aromatic rings. The van der Waals surface area contributed by atoms with Gasteiger partial charge in [-0.1, -0.05) is 30.3 Å². The van der Waals surface area contributed by atoms with Gasteiger partial charge >= 0.3 is 0 Å². The molecule has 17 heavy (non-hydrogen) atoms. The van der Waals surface area contributed by atoms with E-state index in [4.69, 9.17) is 5.11 Å². The molecule has 0 heterocycles. The van der Waals surface area contributed by atoms with E-state index in [1.54, 1.807) is 24.3 Å². The Labute approximate surface area is 98.1 Å². The van der Waals surface area contributed by atoms with Gasteiger partial charge in [0.1, 0.15) is 0 Å². The molecule has 0 aromatic heterocycles. The van der Waals surface area contributed by atoms with Crippen molar-refractivity contribution in [1.82, 2.24) is 0 Å². The highest BCUT2D eigenvalue weighted by Crippen LogP contribution is 2.25. The van der Waals surface area contributed by atoms with Crippen molar-refractivity contribution in [2.75, 3.05) is 0 Å². The molecule has 0 bridgehead atoms. The van der Waals surface area contributed by atoms with E-state index in [0.717, 1.165) is 0 Å². The average Bonchev–Trinajstić information content (AvgIpc) is 2.33. The number of rotatable bonds is 2. The summed E-state index contributed by atoms with van der Waals surface area (Å²) in [6, 6.07) is 12.8. The van der Waals surface area contributed by atoms with Gasteiger partial charge in [0.15, 0.2) is 17.3 Å². The fraction of sp³-hybridized carbons (Fsp3) is 0. The van der Waals surface area contributed by atoms with E-state index in [2.05, 4.69) is 0 Å². The molecule has 2 rings (SSSR count). The van der Waals surface area contributed by atoms with Crippen molar-refractivity contribution < 1.29 is 20.5 Å². The second-order valence-corrected chi connectivity index (χ2v) is 3.40. The summed E-state index contributed by atoms with van der Waals surface area (Å²) in [5, 5.41) is 18.4. The van der Waals surface area contributed by atoms with Gasteiger partial charge in [-0.05, 0) is 18.2 Å². The zero-order valence-corrected chi connectivity index (χ0v) is 8.92. The molecule has 4 N–H and O–H groups in total. The Morgan fingerprint density at radius 2 is 1.47 bits per heavy atom. The lowest BCUT2D eigenvalue weighted by Crippen LogP contribution is -2.00. The van der Waals surface area contributed by atoms with Crippen LogP contribution in [0.5, 0.6) is 11.5 Å². The normalized spacial score (nSPS) is 9.41. The molecule has 0 unspecified atom stereocenters. The summed E-state index contributed by atoms with van der Waals surface area (Å²) in [5.41, 5.74) is 0.897. The molecule has 0 amide bonds. The summed E-state index contributed by atoms with van der Waals surface area (Å²) in [4.78, 5) is 11.9. The van der Waals surface area contributed by atoms with Crippen molar-refractivity contribution >= 4 is 5.78 Å². The maximum absolute atomic E-state index is 11.9. The van der Waals surface area contributed by atoms with Gasteiger partial charge in [0.2, 0.25) is 0 Å². The Hall–Kier alpha value is -2.33. The first kappa shape index (κ1) is 12.7. The van der Waals surface area contributed by atoms with E-state index in [0.29, 0.717) is 11.1 Å². The third-order valence-corrected chi connectivity index (χ3v) is 2.27. The lowest BCUT2D eigenvalue weighted by atomic mass is 10.0. The summed E-state index contributed by atoms with van der Waals surface area (Å²) in [6.07, 6.45) is 0. The fourth-order valence-electron chi connectivity index (χ4n) is 1.42. The van der Waals surface area contributed by atoms with Gasteiger partial charge in [-0.25, -0.2) is 0 Å². The van der Waals surface area contributed by atoms with E-state index in [1.165, 1.54) is 18.2 Å². The lowest BCUT2D eigenvalue weighted by Gasteiger charge is -2.02. The minimum absolute atomic E-state index is 0. The molecule has 4 nitrogen and oxygen atoms in total. The van der Waals surface area contributed by atoms with Crippen molar-refractivity contribution in [2.45, 2.75) is 0 Å². The van der Waals surface area contributed by atoms with Crippen LogP contribution in [0, 0.1) is 0 Å². The summed E-state index contributed by atoms with van der Waals surface area (Å²) >= 11 is 0. The number of phenolic OH excluding ortho intramolecular Hbond substituents is 2. The van der Waals surface area contributed by atoms with Crippen molar-refractivity contribution in [3.8, 4) is 11.5 Å². The molecular formula is C13H12O4. The Kier molecular flexibility index (Phi) is 3.85. The summed E-state index contributed by atoms with van der Waals surface area (Å²) in [7, 11) is 0. The Bertz CT molecular complexity index is 520. The maximum atomic E-state index is 11.9. The van der Waals surface area contributed by atoms with Gasteiger partial charge < -0.3 is 15.7 Å². The highest BCUT2D eigenvalue weighted by molar-refractivity contribution is 6.09. The first-order valence-corrected chi connectivity index (χ1v) is 4.80. The standard InChI is InChI=1S/C13H10O3.H2O/c14-11-7-6-10(8-12(11)15)13(16)9-4-2-1-3-5-9;/h1-8,14-15H;1H2. The summed E-state index contributed by atoms with van der Waals surface area (Å²) < 4.78 is 0. The van der Waals surface area contributed by atoms with Crippen molar-refractivity contribution in [3.05, 3.63) is 59.7 Å². The van der Waals surface area contributed by atoms with Crippen LogP contribution < -0.4 is 0 Å². The minimum Gasteiger partial charge on any atom is -0.504 e. The van der Waals surface area contributed by atoms with Crippen LogP contribution in [0.25, 0.3) is 0 Å². The fourth-order valence-corrected chi connectivity index (χ4v) is 1.42. The average molecular weight is 232 g/mol. The predicted octanol–water partition coefficient (Wildman–Crippen LogP) is 1.50. The molecule has 88 valence electrons. The number of phenols is 2. The molecule has 0 aliphatic rings. The third kappa shape index (κ3) is 2.62. The van der Waals surface area contributed by atoms with Crippen molar-refractivity contribution in [2.24, 2.45) is 0 Å². The lowest BCUT2D eigenvalue weighted by molar-refractivity contribution is 0.103. The zero-order valence-electron chi connectivity index (χ0n) is 8.92. The van der Waals surface area contributed by atoms with E-state index in [1.807, 2.05) is 6.07 Å². The van der Waals surface area contributed by atoms with Gasteiger partial charge in [-0.3, -0.25) is 4.79 Å². The number of aromatic hydroxyl groups is 2. The molecule has 0 atom stereocenters. The first-order valence-electron chi connectivity index (χ1n) is 4.80. The molecule has 0 saturated heterocycles. The van der Waals surface area contributed by atoms with Gasteiger partial charge in [0, 0.05) is 11.1 Å². The zero-order chi connectivity index (χ0) is 11.5. The van der Waals surface area contributed by atoms with E-state index in [-0.39, 0.29) is 22.8 Å². The Morgan fingerprint density at radius 1 is 0.824 bits per heavy atom. The third-order valence-electron chi connectivity index (χ3n) is 2.27. The molecular weight excluding hydrogens is 220 g/mol. The van der Waals surface area contributed by atoms with Crippen LogP contribution in [-0.2, 0) is 0 Å². The second kappa shape index (κ2) is 5.14. The number of carbonyl (C=O) groups excluding carboxylic acids is 1. The highest BCUT2D eigenvalue weighted by Gasteiger charge is 2.10. The molecule has 2 aromatic carbocycles. The molecule has 0 saturated carbocycles. The molecule has 0 radical (unpaired) electrons. The smallest absolute Gasteiger partial charge is 0.193 e. The van der Waals surface area contributed by atoms with Gasteiger partial charge in [0.05, 0.1) is 0 Å². The number of hydrogen-bond acceptors (Lipinski definition) is 3. The van der Waals surface area contributed by atoms with E-state index >= 15 is 0 Å². The van der Waals surface area contributed by atoms with Gasteiger partial charge in [-0.15, -0.1) is 0 Å². The van der Waals surface area contributed by atoms with Gasteiger partial charge in [0.25, 0.3) is 0 Å². The number of carbonyl (C=O) groups is 1.